The lowest BCUT2D eigenvalue weighted by Gasteiger charge is -2.35. The van der Waals surface area contributed by atoms with Crippen LogP contribution >= 0.6 is 0 Å². The van der Waals surface area contributed by atoms with E-state index in [4.69, 9.17) is 5.10 Å². The number of aromatic nitrogens is 4. The van der Waals surface area contributed by atoms with Gasteiger partial charge in [-0.05, 0) is 25.2 Å². The number of fused-ring (bicyclic) bond motifs is 1. The quantitative estimate of drug-likeness (QED) is 0.763. The molecule has 1 saturated heterocycles. The van der Waals surface area contributed by atoms with Gasteiger partial charge in [0.2, 0.25) is 0 Å². The molecule has 148 valence electrons. The number of carbonyl (C=O) groups is 1. The van der Waals surface area contributed by atoms with E-state index in [1.807, 2.05) is 9.58 Å². The first-order chi connectivity index (χ1) is 12.9. The Morgan fingerprint density at radius 1 is 1.37 bits per heavy atom. The molecular weight excluding hydrogens is 346 g/mol. The Morgan fingerprint density at radius 2 is 2.15 bits per heavy atom. The molecule has 0 spiro atoms. The molecule has 2 aromatic rings. The Labute approximate surface area is 159 Å². The Balaban J connectivity index is 2.00. The van der Waals surface area contributed by atoms with Gasteiger partial charge in [0.15, 0.2) is 5.65 Å². The van der Waals surface area contributed by atoms with E-state index in [0.29, 0.717) is 18.9 Å². The van der Waals surface area contributed by atoms with Crippen LogP contribution in [0.25, 0.3) is 11.0 Å². The second-order valence-electron chi connectivity index (χ2n) is 7.76. The summed E-state index contributed by atoms with van der Waals surface area (Å²) in [6.45, 7) is 8.07. The lowest BCUT2D eigenvalue weighted by atomic mass is 9.94. The van der Waals surface area contributed by atoms with Crippen LogP contribution in [-0.2, 0) is 17.8 Å². The van der Waals surface area contributed by atoms with E-state index < -0.39 is 18.0 Å². The number of aryl methyl sites for hydroxylation is 1. The molecule has 0 radical (unpaired) electrons. The predicted octanol–water partition coefficient (Wildman–Crippen LogP) is 2.10. The minimum atomic E-state index is -0.942. The van der Waals surface area contributed by atoms with E-state index in [9.17, 15) is 15.0 Å². The number of anilines is 1. The van der Waals surface area contributed by atoms with Gasteiger partial charge in [-0.2, -0.15) is 5.10 Å². The van der Waals surface area contributed by atoms with Gasteiger partial charge >= 0.3 is 5.97 Å². The molecule has 27 heavy (non-hydrogen) atoms. The molecule has 2 atom stereocenters. The van der Waals surface area contributed by atoms with Crippen molar-refractivity contribution < 1.29 is 15.0 Å². The Kier molecular flexibility index (Phi) is 5.94. The number of carboxylic acids is 1. The normalized spacial score (nSPS) is 20.6. The summed E-state index contributed by atoms with van der Waals surface area (Å²) in [6.07, 6.45) is 3.95. The van der Waals surface area contributed by atoms with E-state index in [-0.39, 0.29) is 6.54 Å². The maximum atomic E-state index is 11.3. The number of aliphatic hydroxyl groups excluding tert-OH is 1. The van der Waals surface area contributed by atoms with Crippen molar-refractivity contribution in [2.75, 3.05) is 18.0 Å². The molecule has 0 bridgehead atoms. The lowest BCUT2D eigenvalue weighted by Crippen LogP contribution is -2.47. The molecule has 3 heterocycles. The maximum Gasteiger partial charge on any atom is 0.309 e. The molecule has 0 aliphatic carbocycles. The summed E-state index contributed by atoms with van der Waals surface area (Å²) in [5.41, 5.74) is 1.79. The van der Waals surface area contributed by atoms with Crippen LogP contribution in [0.1, 0.15) is 45.7 Å². The highest BCUT2D eigenvalue weighted by atomic mass is 16.4. The fourth-order valence-corrected chi connectivity index (χ4v) is 3.71. The third-order valence-electron chi connectivity index (χ3n) is 5.11. The summed E-state index contributed by atoms with van der Waals surface area (Å²) < 4.78 is 1.96. The number of hydrogen-bond acceptors (Lipinski definition) is 6. The zero-order chi connectivity index (χ0) is 19.6. The van der Waals surface area contributed by atoms with Gasteiger partial charge in [0.25, 0.3) is 0 Å². The smallest absolute Gasteiger partial charge is 0.309 e. The summed E-state index contributed by atoms with van der Waals surface area (Å²) in [7, 11) is 0. The van der Waals surface area contributed by atoms with E-state index in [1.54, 1.807) is 0 Å². The molecule has 2 N–H and O–H groups in total. The number of nitrogens with zero attached hydrogens (tertiary/aromatic N) is 5. The SMILES string of the molecule is CCCCn1nc(CC(C)C)c2c(N3CC[C@H](C(=O)O)[C@H](O)C3)ncnc21. The molecule has 8 nitrogen and oxygen atoms in total. The van der Waals surface area contributed by atoms with Crippen molar-refractivity contribution in [2.24, 2.45) is 11.8 Å². The average Bonchev–Trinajstić information content (AvgIpc) is 2.96. The lowest BCUT2D eigenvalue weighted by molar-refractivity contribution is -0.146. The van der Waals surface area contributed by atoms with E-state index in [1.165, 1.54) is 6.33 Å². The summed E-state index contributed by atoms with van der Waals surface area (Å²) >= 11 is 0. The standard InChI is InChI=1S/C19H29N5O3/c1-4-5-7-24-18-16(14(22-24)9-12(2)3)17(20-11-21-18)23-8-6-13(19(26)27)15(25)10-23/h11-13,15,25H,4-10H2,1-3H3,(H,26,27)/t13-,15+/m0/s1. The van der Waals surface area contributed by atoms with Crippen molar-refractivity contribution in [3.63, 3.8) is 0 Å². The highest BCUT2D eigenvalue weighted by Crippen LogP contribution is 2.31. The number of carboxylic acid groups (broad SMARTS) is 1. The number of β-amino-alcohol motifs (C(OH)–C–C–N with tert-alkyl or cyclic N) is 1. The van der Waals surface area contributed by atoms with E-state index in [0.717, 1.165) is 48.4 Å². The zero-order valence-corrected chi connectivity index (χ0v) is 16.3. The number of rotatable bonds is 7. The van der Waals surface area contributed by atoms with Crippen LogP contribution in [0, 0.1) is 11.8 Å². The van der Waals surface area contributed by atoms with Crippen LogP contribution in [0.3, 0.4) is 0 Å². The second kappa shape index (κ2) is 8.21. The number of piperidine rings is 1. The van der Waals surface area contributed by atoms with Crippen molar-refractivity contribution in [3.8, 4) is 0 Å². The van der Waals surface area contributed by atoms with Gasteiger partial charge in [-0.3, -0.25) is 4.79 Å². The highest BCUT2D eigenvalue weighted by molar-refractivity contribution is 5.90. The minimum Gasteiger partial charge on any atom is -0.481 e. The summed E-state index contributed by atoms with van der Waals surface area (Å²) in [5, 5.41) is 25.3. The molecule has 0 aromatic carbocycles. The van der Waals surface area contributed by atoms with Crippen LogP contribution in [0.2, 0.25) is 0 Å². The summed E-state index contributed by atoms with van der Waals surface area (Å²) in [6, 6.07) is 0. The highest BCUT2D eigenvalue weighted by Gasteiger charge is 2.34. The van der Waals surface area contributed by atoms with Gasteiger partial charge < -0.3 is 15.1 Å². The zero-order valence-electron chi connectivity index (χ0n) is 16.3. The van der Waals surface area contributed by atoms with Gasteiger partial charge in [0, 0.05) is 19.6 Å². The van der Waals surface area contributed by atoms with Crippen LogP contribution in [-0.4, -0.2) is 55.1 Å². The Morgan fingerprint density at radius 3 is 2.78 bits per heavy atom. The topological polar surface area (TPSA) is 104 Å². The monoisotopic (exact) mass is 375 g/mol. The van der Waals surface area contributed by atoms with Crippen molar-refractivity contribution in [1.82, 2.24) is 19.7 Å². The van der Waals surface area contributed by atoms with Gasteiger partial charge in [0.1, 0.15) is 12.1 Å². The first kappa shape index (κ1) is 19.5. The molecule has 0 unspecified atom stereocenters. The molecule has 3 rings (SSSR count). The van der Waals surface area contributed by atoms with Crippen molar-refractivity contribution >= 4 is 22.8 Å². The Hall–Kier alpha value is -2.22. The number of hydrogen-bond donors (Lipinski definition) is 2. The first-order valence-electron chi connectivity index (χ1n) is 9.78. The summed E-state index contributed by atoms with van der Waals surface area (Å²) in [4.78, 5) is 22.2. The second-order valence-corrected chi connectivity index (χ2v) is 7.76. The molecule has 0 amide bonds. The fourth-order valence-electron chi connectivity index (χ4n) is 3.71. The molecule has 1 aliphatic rings. The third kappa shape index (κ3) is 4.05. The van der Waals surface area contributed by atoms with Gasteiger partial charge in [0.05, 0.1) is 23.1 Å². The van der Waals surface area contributed by atoms with Crippen molar-refractivity contribution in [1.29, 1.82) is 0 Å². The first-order valence-corrected chi connectivity index (χ1v) is 9.78. The number of aliphatic carboxylic acids is 1. The molecule has 1 aliphatic heterocycles. The van der Waals surface area contributed by atoms with Crippen LogP contribution in [0.5, 0.6) is 0 Å². The van der Waals surface area contributed by atoms with E-state index in [2.05, 4.69) is 30.7 Å². The minimum absolute atomic E-state index is 0.254. The van der Waals surface area contributed by atoms with Gasteiger partial charge in [-0.15, -0.1) is 0 Å². The Bertz CT molecular complexity index is 804. The van der Waals surface area contributed by atoms with E-state index >= 15 is 0 Å². The van der Waals surface area contributed by atoms with Crippen LogP contribution in [0.15, 0.2) is 6.33 Å². The van der Waals surface area contributed by atoms with Crippen molar-refractivity contribution in [2.45, 2.75) is 59.1 Å². The largest absolute Gasteiger partial charge is 0.481 e. The molecular formula is C19H29N5O3. The predicted molar refractivity (Wildman–Crippen MR) is 103 cm³/mol. The van der Waals surface area contributed by atoms with Crippen molar-refractivity contribution in [3.05, 3.63) is 12.0 Å². The number of unbranched alkanes of at least 4 members (excludes halogenated alkanes) is 1. The third-order valence-corrected chi connectivity index (χ3v) is 5.11. The molecule has 0 saturated carbocycles. The van der Waals surface area contributed by atoms with Gasteiger partial charge in [-0.25, -0.2) is 14.6 Å². The fraction of sp³-hybridized carbons (Fsp3) is 0.684. The van der Waals surface area contributed by atoms with Gasteiger partial charge in [-0.1, -0.05) is 27.2 Å². The number of aliphatic hydroxyl groups is 1. The summed E-state index contributed by atoms with van der Waals surface area (Å²) in [5.74, 6) is -0.468. The average molecular weight is 375 g/mol. The maximum absolute atomic E-state index is 11.3. The van der Waals surface area contributed by atoms with Crippen LogP contribution < -0.4 is 4.90 Å². The molecule has 1 fully saturated rings. The van der Waals surface area contributed by atoms with Crippen LogP contribution in [0.4, 0.5) is 5.82 Å². The molecule has 8 heteroatoms. The molecule has 2 aromatic heterocycles.